The molecule has 2 aromatic heterocycles. The van der Waals surface area contributed by atoms with E-state index in [-0.39, 0.29) is 5.69 Å². The van der Waals surface area contributed by atoms with Gasteiger partial charge in [-0.25, -0.2) is 4.79 Å². The number of furan rings is 1. The molecule has 0 amide bonds. The van der Waals surface area contributed by atoms with Crippen molar-refractivity contribution in [1.82, 2.24) is 10.2 Å². The van der Waals surface area contributed by atoms with Gasteiger partial charge in [-0.3, -0.25) is 0 Å². The molecule has 5 heteroatoms. The van der Waals surface area contributed by atoms with E-state index in [4.69, 9.17) is 9.52 Å². The van der Waals surface area contributed by atoms with Gasteiger partial charge in [-0.05, 0) is 24.3 Å². The fraction of sp³-hybridized carbons (Fsp3) is 0. The quantitative estimate of drug-likeness (QED) is 0.775. The summed E-state index contributed by atoms with van der Waals surface area (Å²) in [5.74, 6) is -0.530. The van der Waals surface area contributed by atoms with Crippen molar-refractivity contribution in [2.45, 2.75) is 0 Å². The highest BCUT2D eigenvalue weighted by molar-refractivity contribution is 5.85. The van der Waals surface area contributed by atoms with Crippen LogP contribution < -0.4 is 0 Å². The minimum absolute atomic E-state index is 0.0830. The highest BCUT2D eigenvalue weighted by atomic mass is 16.4. The lowest BCUT2D eigenvalue weighted by Crippen LogP contribution is -2.01. The zero-order valence-electron chi connectivity index (χ0n) is 7.04. The lowest BCUT2D eigenvalue weighted by Gasteiger charge is -1.94. The Bertz CT molecular complexity index is 434. The number of nitrogens with zero attached hydrogens (tertiary/aromatic N) is 2. The second-order valence-corrected chi connectivity index (χ2v) is 2.59. The van der Waals surface area contributed by atoms with Crippen LogP contribution in [0, 0.1) is 0 Å². The Morgan fingerprint density at radius 2 is 2.14 bits per heavy atom. The van der Waals surface area contributed by atoms with E-state index in [0.717, 1.165) is 0 Å². The van der Waals surface area contributed by atoms with Crippen LogP contribution >= 0.6 is 0 Å². The van der Waals surface area contributed by atoms with Gasteiger partial charge in [0, 0.05) is 0 Å². The van der Waals surface area contributed by atoms with Gasteiger partial charge >= 0.3 is 5.97 Å². The maximum atomic E-state index is 10.5. The molecule has 1 N–H and O–H groups in total. The number of rotatable bonds is 2. The summed E-state index contributed by atoms with van der Waals surface area (Å²) >= 11 is 0. The summed E-state index contributed by atoms with van der Waals surface area (Å²) in [7, 11) is 0. The number of carbonyl (C=O) groups is 1. The normalized spacial score (nSPS) is 10.0. The van der Waals surface area contributed by atoms with Crippen LogP contribution in [-0.2, 0) is 0 Å². The van der Waals surface area contributed by atoms with Gasteiger partial charge in [0.15, 0.2) is 11.5 Å². The van der Waals surface area contributed by atoms with Gasteiger partial charge in [-0.15, -0.1) is 10.2 Å². The fourth-order valence-corrected chi connectivity index (χ4v) is 1.00. The van der Waals surface area contributed by atoms with Gasteiger partial charge in [0.05, 0.1) is 6.26 Å². The summed E-state index contributed by atoms with van der Waals surface area (Å²) in [5.41, 5.74) is 0.431. The van der Waals surface area contributed by atoms with Crippen LogP contribution in [0.1, 0.15) is 10.5 Å². The van der Waals surface area contributed by atoms with E-state index in [1.807, 2.05) is 0 Å². The van der Waals surface area contributed by atoms with Crippen LogP contribution in [-0.4, -0.2) is 21.3 Å². The Hall–Kier alpha value is -2.17. The molecule has 0 atom stereocenters. The van der Waals surface area contributed by atoms with Gasteiger partial charge in [0.1, 0.15) is 5.69 Å². The summed E-state index contributed by atoms with van der Waals surface area (Å²) in [6.07, 6.45) is 1.52. The van der Waals surface area contributed by atoms with E-state index in [1.165, 1.54) is 12.3 Å². The van der Waals surface area contributed by atoms with Gasteiger partial charge in [0.2, 0.25) is 0 Å². The Morgan fingerprint density at radius 1 is 1.29 bits per heavy atom. The first-order valence-electron chi connectivity index (χ1n) is 3.88. The van der Waals surface area contributed by atoms with E-state index in [0.29, 0.717) is 11.5 Å². The maximum absolute atomic E-state index is 10.5. The number of carboxylic acid groups (broad SMARTS) is 1. The van der Waals surface area contributed by atoms with Crippen molar-refractivity contribution >= 4 is 5.97 Å². The third-order valence-corrected chi connectivity index (χ3v) is 1.66. The van der Waals surface area contributed by atoms with Crippen molar-refractivity contribution in [3.05, 3.63) is 36.2 Å². The molecule has 0 aliphatic heterocycles. The summed E-state index contributed by atoms with van der Waals surface area (Å²) < 4.78 is 5.07. The van der Waals surface area contributed by atoms with Crippen LogP contribution in [0.2, 0.25) is 0 Å². The molecular formula is C9H6N2O3. The first kappa shape index (κ1) is 8.43. The molecule has 2 heterocycles. The average molecular weight is 190 g/mol. The highest BCUT2D eigenvalue weighted by Crippen LogP contribution is 2.15. The summed E-state index contributed by atoms with van der Waals surface area (Å²) in [6.45, 7) is 0. The van der Waals surface area contributed by atoms with Crippen molar-refractivity contribution in [3.8, 4) is 11.5 Å². The molecule has 0 saturated carbocycles. The van der Waals surface area contributed by atoms with E-state index < -0.39 is 5.97 Å². The van der Waals surface area contributed by atoms with Gasteiger partial charge in [-0.1, -0.05) is 0 Å². The lowest BCUT2D eigenvalue weighted by molar-refractivity contribution is 0.0689. The predicted molar refractivity (Wildman–Crippen MR) is 46.7 cm³/mol. The minimum atomic E-state index is -1.09. The number of carboxylic acids is 1. The minimum Gasteiger partial charge on any atom is -0.476 e. The molecule has 0 fully saturated rings. The van der Waals surface area contributed by atoms with Crippen molar-refractivity contribution in [3.63, 3.8) is 0 Å². The molecule has 2 rings (SSSR count). The molecule has 5 nitrogen and oxygen atoms in total. The Kier molecular flexibility index (Phi) is 1.98. The van der Waals surface area contributed by atoms with Crippen molar-refractivity contribution in [1.29, 1.82) is 0 Å². The third-order valence-electron chi connectivity index (χ3n) is 1.66. The first-order valence-corrected chi connectivity index (χ1v) is 3.88. The molecule has 2 aromatic rings. The van der Waals surface area contributed by atoms with Crippen LogP contribution in [0.3, 0.4) is 0 Å². The van der Waals surface area contributed by atoms with Crippen LogP contribution in [0.4, 0.5) is 0 Å². The Labute approximate surface area is 79.0 Å². The van der Waals surface area contributed by atoms with Crippen molar-refractivity contribution in [2.75, 3.05) is 0 Å². The number of hydrogen-bond donors (Lipinski definition) is 1. The summed E-state index contributed by atoms with van der Waals surface area (Å²) in [6, 6.07) is 6.38. The Morgan fingerprint density at radius 3 is 2.64 bits per heavy atom. The van der Waals surface area contributed by atoms with E-state index in [2.05, 4.69) is 10.2 Å². The topological polar surface area (TPSA) is 76.2 Å². The monoisotopic (exact) mass is 190 g/mol. The standard InChI is InChI=1S/C9H6N2O3/c12-9(13)7-4-3-6(10-11-7)8-2-1-5-14-8/h1-5H,(H,12,13). The second kappa shape index (κ2) is 3.29. The first-order chi connectivity index (χ1) is 6.77. The van der Waals surface area contributed by atoms with E-state index in [9.17, 15) is 4.79 Å². The second-order valence-electron chi connectivity index (χ2n) is 2.59. The SMILES string of the molecule is O=C(O)c1ccc(-c2ccco2)nn1. The largest absolute Gasteiger partial charge is 0.476 e. The smallest absolute Gasteiger partial charge is 0.356 e. The van der Waals surface area contributed by atoms with Crippen LogP contribution in [0.25, 0.3) is 11.5 Å². The number of hydrogen-bond acceptors (Lipinski definition) is 4. The molecule has 0 radical (unpaired) electrons. The predicted octanol–water partition coefficient (Wildman–Crippen LogP) is 1.43. The van der Waals surface area contributed by atoms with E-state index in [1.54, 1.807) is 18.2 Å². The van der Waals surface area contributed by atoms with Gasteiger partial charge < -0.3 is 9.52 Å². The molecule has 0 unspecified atom stereocenters. The number of aromatic carboxylic acids is 1. The molecule has 0 saturated heterocycles. The highest BCUT2D eigenvalue weighted by Gasteiger charge is 2.07. The molecule has 0 aliphatic carbocycles. The third kappa shape index (κ3) is 1.47. The number of aromatic nitrogens is 2. The van der Waals surface area contributed by atoms with Crippen molar-refractivity contribution in [2.24, 2.45) is 0 Å². The average Bonchev–Trinajstić information content (AvgIpc) is 2.71. The van der Waals surface area contributed by atoms with Crippen LogP contribution in [0.5, 0.6) is 0 Å². The van der Waals surface area contributed by atoms with Gasteiger partial charge in [-0.2, -0.15) is 0 Å². The fourth-order valence-electron chi connectivity index (χ4n) is 1.00. The zero-order chi connectivity index (χ0) is 9.97. The molecule has 0 aromatic carbocycles. The molecular weight excluding hydrogens is 184 g/mol. The van der Waals surface area contributed by atoms with Gasteiger partial charge in [0.25, 0.3) is 0 Å². The molecule has 0 spiro atoms. The lowest BCUT2D eigenvalue weighted by atomic mass is 10.3. The summed E-state index contributed by atoms with van der Waals surface area (Å²) in [4.78, 5) is 10.5. The molecule has 0 aliphatic rings. The maximum Gasteiger partial charge on any atom is 0.356 e. The zero-order valence-corrected chi connectivity index (χ0v) is 7.04. The van der Waals surface area contributed by atoms with Crippen LogP contribution in [0.15, 0.2) is 34.9 Å². The summed E-state index contributed by atoms with van der Waals surface area (Å²) in [5, 5.41) is 15.8. The molecule has 70 valence electrons. The van der Waals surface area contributed by atoms with E-state index >= 15 is 0 Å². The molecule has 14 heavy (non-hydrogen) atoms. The Balaban J connectivity index is 2.36. The molecule has 0 bridgehead atoms. The van der Waals surface area contributed by atoms with Crippen molar-refractivity contribution < 1.29 is 14.3 Å².